The van der Waals surface area contributed by atoms with Gasteiger partial charge in [-0.3, -0.25) is 0 Å². The minimum absolute atomic E-state index is 0.383. The Morgan fingerprint density at radius 2 is 2.00 bits per heavy atom. The fraction of sp³-hybridized carbons (Fsp3) is 0.385. The van der Waals surface area contributed by atoms with Crippen LogP contribution in [0.5, 0.6) is 0 Å². The van der Waals surface area contributed by atoms with Gasteiger partial charge in [0, 0.05) is 19.1 Å². The third-order valence-electron chi connectivity index (χ3n) is 2.17. The van der Waals surface area contributed by atoms with Crippen LogP contribution >= 0.6 is 0 Å². The Morgan fingerprint density at radius 3 is 2.62 bits per heavy atom. The second-order valence-electron chi connectivity index (χ2n) is 3.63. The summed E-state index contributed by atoms with van der Waals surface area (Å²) in [5.74, 6) is 6.04. The second-order valence-corrected chi connectivity index (χ2v) is 5.64. The summed E-state index contributed by atoms with van der Waals surface area (Å²) < 4.78 is 22.7. The lowest BCUT2D eigenvalue weighted by atomic mass is 10.1. The van der Waals surface area contributed by atoms with Gasteiger partial charge in [0.2, 0.25) is 0 Å². The molecular formula is C13H16O2S. The van der Waals surface area contributed by atoms with Crippen LogP contribution in [0.1, 0.15) is 25.3 Å². The van der Waals surface area contributed by atoms with E-state index in [1.807, 2.05) is 13.0 Å². The van der Waals surface area contributed by atoms with Crippen molar-refractivity contribution in [2.75, 3.05) is 6.26 Å². The topological polar surface area (TPSA) is 34.1 Å². The highest BCUT2D eigenvalue weighted by molar-refractivity contribution is 7.90. The molecule has 0 bridgehead atoms. The predicted molar refractivity (Wildman–Crippen MR) is 65.9 cm³/mol. The van der Waals surface area contributed by atoms with Crippen LogP contribution in [0.25, 0.3) is 0 Å². The van der Waals surface area contributed by atoms with E-state index < -0.39 is 9.84 Å². The Kier molecular flexibility index (Phi) is 4.57. The van der Waals surface area contributed by atoms with Gasteiger partial charge in [0.25, 0.3) is 0 Å². The highest BCUT2D eigenvalue weighted by Crippen LogP contribution is 2.12. The maximum absolute atomic E-state index is 11.3. The summed E-state index contributed by atoms with van der Waals surface area (Å²) in [5.41, 5.74) is 1.02. The van der Waals surface area contributed by atoms with Crippen LogP contribution in [0, 0.1) is 11.8 Å². The zero-order chi connectivity index (χ0) is 12.0. The van der Waals surface area contributed by atoms with Crippen molar-refractivity contribution in [1.29, 1.82) is 0 Å². The first kappa shape index (κ1) is 12.8. The normalized spacial score (nSPS) is 10.6. The summed E-state index contributed by atoms with van der Waals surface area (Å²) in [5, 5.41) is 0. The molecule has 1 aromatic rings. The van der Waals surface area contributed by atoms with Crippen molar-refractivity contribution < 1.29 is 8.42 Å². The molecule has 16 heavy (non-hydrogen) atoms. The van der Waals surface area contributed by atoms with Gasteiger partial charge in [-0.25, -0.2) is 8.42 Å². The van der Waals surface area contributed by atoms with Crippen LogP contribution in [0.15, 0.2) is 29.2 Å². The van der Waals surface area contributed by atoms with Crippen molar-refractivity contribution in [3.05, 3.63) is 29.8 Å². The van der Waals surface area contributed by atoms with Crippen LogP contribution < -0.4 is 0 Å². The Hall–Kier alpha value is -1.27. The molecule has 2 nitrogen and oxygen atoms in total. The standard InChI is InChI=1S/C13H16O2S/c1-3-4-5-6-8-12-9-7-10-13(11-12)16(2,14)15/h7,9-11H,3,6,8H2,1-2H3. The van der Waals surface area contributed by atoms with Gasteiger partial charge < -0.3 is 0 Å². The summed E-state index contributed by atoms with van der Waals surface area (Å²) in [4.78, 5) is 0.383. The highest BCUT2D eigenvalue weighted by Gasteiger charge is 2.06. The smallest absolute Gasteiger partial charge is 0.175 e. The largest absolute Gasteiger partial charge is 0.224 e. The number of benzene rings is 1. The summed E-state index contributed by atoms with van der Waals surface area (Å²) in [6.45, 7) is 2.01. The number of hydrogen-bond donors (Lipinski definition) is 0. The first-order chi connectivity index (χ1) is 7.54. The quantitative estimate of drug-likeness (QED) is 0.755. The molecule has 1 rings (SSSR count). The molecule has 0 radical (unpaired) electrons. The molecule has 3 heteroatoms. The van der Waals surface area contributed by atoms with E-state index in [-0.39, 0.29) is 0 Å². The van der Waals surface area contributed by atoms with Crippen molar-refractivity contribution in [1.82, 2.24) is 0 Å². The van der Waals surface area contributed by atoms with Crippen LogP contribution in [0.4, 0.5) is 0 Å². The number of sulfone groups is 1. The van der Waals surface area contributed by atoms with Crippen molar-refractivity contribution in [2.24, 2.45) is 0 Å². The molecule has 0 aliphatic carbocycles. The van der Waals surface area contributed by atoms with E-state index in [1.54, 1.807) is 18.2 Å². The molecule has 0 heterocycles. The number of hydrogen-bond acceptors (Lipinski definition) is 2. The minimum atomic E-state index is -3.10. The van der Waals surface area contributed by atoms with Crippen LogP contribution in [0.2, 0.25) is 0 Å². The fourth-order valence-corrected chi connectivity index (χ4v) is 2.04. The molecular weight excluding hydrogens is 220 g/mol. The summed E-state index contributed by atoms with van der Waals surface area (Å²) >= 11 is 0. The third kappa shape index (κ3) is 4.08. The molecule has 86 valence electrons. The SMILES string of the molecule is CCC#CCCc1cccc(S(C)(=O)=O)c1. The Balaban J connectivity index is 2.76. The highest BCUT2D eigenvalue weighted by atomic mass is 32.2. The molecule has 1 aromatic carbocycles. The van der Waals surface area contributed by atoms with Crippen LogP contribution in [-0.4, -0.2) is 14.7 Å². The van der Waals surface area contributed by atoms with Gasteiger partial charge >= 0.3 is 0 Å². The molecule has 0 fully saturated rings. The first-order valence-corrected chi connectivity index (χ1v) is 7.18. The first-order valence-electron chi connectivity index (χ1n) is 5.28. The van der Waals surface area contributed by atoms with E-state index in [1.165, 1.54) is 6.26 Å². The zero-order valence-corrected chi connectivity index (χ0v) is 10.5. The van der Waals surface area contributed by atoms with Gasteiger partial charge in [0.05, 0.1) is 4.90 Å². The number of aryl methyl sites for hydroxylation is 1. The average molecular weight is 236 g/mol. The Morgan fingerprint density at radius 1 is 1.25 bits per heavy atom. The van der Waals surface area contributed by atoms with Crippen LogP contribution in [0.3, 0.4) is 0 Å². The van der Waals surface area contributed by atoms with E-state index in [4.69, 9.17) is 0 Å². The van der Waals surface area contributed by atoms with Gasteiger partial charge in [-0.1, -0.05) is 19.1 Å². The Bertz CT molecular complexity index is 504. The molecule has 0 aliphatic heterocycles. The molecule has 0 aromatic heterocycles. The monoisotopic (exact) mass is 236 g/mol. The Labute approximate surface area is 97.6 Å². The van der Waals surface area contributed by atoms with Crippen LogP contribution in [-0.2, 0) is 16.3 Å². The van der Waals surface area contributed by atoms with Crippen molar-refractivity contribution in [3.8, 4) is 11.8 Å². The zero-order valence-electron chi connectivity index (χ0n) is 9.66. The lowest BCUT2D eigenvalue weighted by molar-refractivity contribution is 0.601. The number of rotatable bonds is 3. The lowest BCUT2D eigenvalue weighted by Crippen LogP contribution is -1.97. The van der Waals surface area contributed by atoms with E-state index in [0.717, 1.165) is 24.8 Å². The van der Waals surface area contributed by atoms with Gasteiger partial charge in [0.1, 0.15) is 0 Å². The van der Waals surface area contributed by atoms with E-state index >= 15 is 0 Å². The summed E-state index contributed by atoms with van der Waals surface area (Å²) in [6, 6.07) is 7.06. The maximum atomic E-state index is 11.3. The van der Waals surface area contributed by atoms with Crippen molar-refractivity contribution in [3.63, 3.8) is 0 Å². The fourth-order valence-electron chi connectivity index (χ4n) is 1.35. The maximum Gasteiger partial charge on any atom is 0.175 e. The molecule has 0 saturated carbocycles. The van der Waals surface area contributed by atoms with E-state index in [2.05, 4.69) is 11.8 Å². The molecule has 0 spiro atoms. The molecule has 0 aliphatic rings. The molecule has 0 saturated heterocycles. The molecule has 0 N–H and O–H groups in total. The van der Waals surface area contributed by atoms with Gasteiger partial charge in [-0.05, 0) is 24.1 Å². The third-order valence-corrected chi connectivity index (χ3v) is 3.28. The average Bonchev–Trinajstić information content (AvgIpc) is 2.24. The lowest BCUT2D eigenvalue weighted by Gasteiger charge is -2.01. The van der Waals surface area contributed by atoms with Gasteiger partial charge in [-0.15, -0.1) is 11.8 Å². The second kappa shape index (κ2) is 5.72. The molecule has 0 amide bonds. The molecule has 0 atom stereocenters. The molecule has 0 unspecified atom stereocenters. The van der Waals surface area contributed by atoms with Crippen molar-refractivity contribution >= 4 is 9.84 Å². The summed E-state index contributed by atoms with van der Waals surface area (Å²) in [6.07, 6.45) is 3.67. The van der Waals surface area contributed by atoms with E-state index in [9.17, 15) is 8.42 Å². The van der Waals surface area contributed by atoms with Gasteiger partial charge in [-0.2, -0.15) is 0 Å². The van der Waals surface area contributed by atoms with E-state index in [0.29, 0.717) is 4.90 Å². The predicted octanol–water partition coefficient (Wildman–Crippen LogP) is 2.44. The van der Waals surface area contributed by atoms with Crippen molar-refractivity contribution in [2.45, 2.75) is 31.1 Å². The minimum Gasteiger partial charge on any atom is -0.224 e. The van der Waals surface area contributed by atoms with Gasteiger partial charge in [0.15, 0.2) is 9.84 Å². The summed E-state index contributed by atoms with van der Waals surface area (Å²) in [7, 11) is -3.10.